The van der Waals surface area contributed by atoms with E-state index < -0.39 is 4.92 Å². The van der Waals surface area contributed by atoms with Gasteiger partial charge < -0.3 is 14.4 Å². The van der Waals surface area contributed by atoms with Crippen molar-refractivity contribution in [3.63, 3.8) is 0 Å². The van der Waals surface area contributed by atoms with Gasteiger partial charge in [0.25, 0.3) is 11.6 Å². The van der Waals surface area contributed by atoms with Crippen LogP contribution in [0.5, 0.6) is 11.5 Å². The fourth-order valence-corrected chi connectivity index (χ4v) is 5.17. The molecule has 10 nitrogen and oxygen atoms in total. The second-order valence-corrected chi connectivity index (χ2v) is 10.7. The number of Topliss-reactive ketones (excluding diaryl/α,β-unsaturated/α-hetero) is 1. The predicted octanol–water partition coefficient (Wildman–Crippen LogP) is 5.03. The number of nitro benzene ring substituents is 1. The Labute approximate surface area is 227 Å². The lowest BCUT2D eigenvalue weighted by atomic mass is 9.75. The van der Waals surface area contributed by atoms with Gasteiger partial charge in [0.2, 0.25) is 0 Å². The zero-order chi connectivity index (χ0) is 28.5. The third kappa shape index (κ3) is 5.50. The van der Waals surface area contributed by atoms with Crippen molar-refractivity contribution in [1.82, 2.24) is 14.7 Å². The van der Waals surface area contributed by atoms with Gasteiger partial charge in [-0.1, -0.05) is 26.8 Å². The van der Waals surface area contributed by atoms with E-state index in [1.165, 1.54) is 15.6 Å². The van der Waals surface area contributed by atoms with E-state index in [2.05, 4.69) is 0 Å². The Morgan fingerprint density at radius 2 is 1.85 bits per heavy atom. The number of ketones is 1. The number of hydrogen-bond donors (Lipinski definition) is 0. The molecule has 0 spiro atoms. The minimum absolute atomic E-state index is 0.0429. The standard InChI is InChI=1S/C29H34N4O6/c1-7-12-31(4)28(35)19-9-10-21(22(15-19)33(36)37)32-23-16-29(2,3)17-24(34)27(23)20(30-32)13-18-8-11-25(38-5)26(14-18)39-6/h8-11,14-15H,7,12-13,16-17H2,1-6H3. The van der Waals surface area contributed by atoms with Crippen LogP contribution in [0.15, 0.2) is 36.4 Å². The largest absolute Gasteiger partial charge is 0.493 e. The number of benzene rings is 2. The highest BCUT2D eigenvalue weighted by Gasteiger charge is 2.38. The molecule has 0 radical (unpaired) electrons. The number of methoxy groups -OCH3 is 2. The van der Waals surface area contributed by atoms with E-state index in [4.69, 9.17) is 14.6 Å². The maximum atomic E-state index is 13.4. The first-order valence-electron chi connectivity index (χ1n) is 12.9. The van der Waals surface area contributed by atoms with Crippen LogP contribution in [0.2, 0.25) is 0 Å². The molecule has 2 aromatic carbocycles. The Morgan fingerprint density at radius 3 is 2.49 bits per heavy atom. The summed E-state index contributed by atoms with van der Waals surface area (Å²) in [5.41, 5.74) is 2.39. The van der Waals surface area contributed by atoms with Crippen LogP contribution in [0.4, 0.5) is 5.69 Å². The molecule has 0 aliphatic heterocycles. The first-order chi connectivity index (χ1) is 18.5. The van der Waals surface area contributed by atoms with E-state index in [-0.39, 0.29) is 34.0 Å². The summed E-state index contributed by atoms with van der Waals surface area (Å²) in [6, 6.07) is 9.91. The molecule has 0 saturated carbocycles. The van der Waals surface area contributed by atoms with Gasteiger partial charge in [-0.3, -0.25) is 19.7 Å². The summed E-state index contributed by atoms with van der Waals surface area (Å²) in [6.45, 7) is 6.49. The first kappa shape index (κ1) is 27.8. The highest BCUT2D eigenvalue weighted by Crippen LogP contribution is 2.39. The quantitative estimate of drug-likeness (QED) is 0.279. The summed E-state index contributed by atoms with van der Waals surface area (Å²) in [5.74, 6) is 0.805. The zero-order valence-electron chi connectivity index (χ0n) is 23.2. The highest BCUT2D eigenvalue weighted by atomic mass is 16.6. The molecule has 39 heavy (non-hydrogen) atoms. The van der Waals surface area contributed by atoms with Gasteiger partial charge in [0.15, 0.2) is 17.3 Å². The van der Waals surface area contributed by atoms with Crippen molar-refractivity contribution in [3.05, 3.63) is 74.6 Å². The lowest BCUT2D eigenvalue weighted by Gasteiger charge is -2.29. The summed E-state index contributed by atoms with van der Waals surface area (Å²) < 4.78 is 12.3. The average Bonchev–Trinajstić information content (AvgIpc) is 3.24. The minimum Gasteiger partial charge on any atom is -0.493 e. The Bertz CT molecular complexity index is 1440. The number of nitro groups is 1. The average molecular weight is 535 g/mol. The van der Waals surface area contributed by atoms with E-state index in [1.807, 2.05) is 32.9 Å². The van der Waals surface area contributed by atoms with Crippen molar-refractivity contribution in [2.45, 2.75) is 46.5 Å². The van der Waals surface area contributed by atoms with Gasteiger partial charge in [0, 0.05) is 38.1 Å². The molecule has 0 unspecified atom stereocenters. The van der Waals surface area contributed by atoms with Gasteiger partial charge in [-0.25, -0.2) is 4.68 Å². The van der Waals surface area contributed by atoms with Crippen LogP contribution in [0, 0.1) is 15.5 Å². The smallest absolute Gasteiger partial charge is 0.295 e. The number of nitrogens with zero attached hydrogens (tertiary/aromatic N) is 4. The lowest BCUT2D eigenvalue weighted by molar-refractivity contribution is -0.384. The molecule has 1 amide bonds. The molecule has 4 rings (SSSR count). The Hall–Kier alpha value is -4.21. The van der Waals surface area contributed by atoms with Gasteiger partial charge in [-0.15, -0.1) is 0 Å². The van der Waals surface area contributed by atoms with Gasteiger partial charge in [-0.05, 0) is 48.1 Å². The van der Waals surface area contributed by atoms with E-state index in [0.29, 0.717) is 54.3 Å². The normalized spacial score (nSPS) is 14.1. The van der Waals surface area contributed by atoms with Crippen molar-refractivity contribution in [3.8, 4) is 17.2 Å². The van der Waals surface area contributed by atoms with Gasteiger partial charge >= 0.3 is 0 Å². The van der Waals surface area contributed by atoms with Crippen molar-refractivity contribution in [2.75, 3.05) is 27.8 Å². The molecule has 0 bridgehead atoms. The molecule has 3 aromatic rings. The third-order valence-corrected chi connectivity index (χ3v) is 6.99. The molecule has 206 valence electrons. The number of rotatable bonds is 9. The predicted molar refractivity (Wildman–Crippen MR) is 146 cm³/mol. The van der Waals surface area contributed by atoms with E-state index in [9.17, 15) is 19.7 Å². The molecule has 0 atom stereocenters. The molecule has 0 fully saturated rings. The summed E-state index contributed by atoms with van der Waals surface area (Å²) in [4.78, 5) is 39.5. The number of amides is 1. The molecule has 0 saturated heterocycles. The summed E-state index contributed by atoms with van der Waals surface area (Å²) in [5, 5.41) is 17.0. The fourth-order valence-electron chi connectivity index (χ4n) is 5.17. The number of fused-ring (bicyclic) bond motifs is 1. The summed E-state index contributed by atoms with van der Waals surface area (Å²) in [6.07, 6.45) is 1.97. The van der Waals surface area contributed by atoms with Crippen molar-refractivity contribution >= 4 is 17.4 Å². The molecular formula is C29H34N4O6. The SMILES string of the molecule is CCCN(C)C(=O)c1ccc(-n2nc(Cc3ccc(OC)c(OC)c3)c3c2CC(C)(C)CC3=O)c([N+](=O)[O-])c1. The van der Waals surface area contributed by atoms with E-state index in [0.717, 1.165) is 12.0 Å². The van der Waals surface area contributed by atoms with Gasteiger partial charge in [-0.2, -0.15) is 5.10 Å². The van der Waals surface area contributed by atoms with E-state index >= 15 is 0 Å². The van der Waals surface area contributed by atoms with Crippen LogP contribution in [-0.2, 0) is 12.8 Å². The molecule has 0 N–H and O–H groups in total. The lowest BCUT2D eigenvalue weighted by Crippen LogP contribution is -2.28. The maximum Gasteiger partial charge on any atom is 0.295 e. The summed E-state index contributed by atoms with van der Waals surface area (Å²) in [7, 11) is 4.78. The maximum absolute atomic E-state index is 13.4. The van der Waals surface area contributed by atoms with Gasteiger partial charge in [0.05, 0.1) is 36.1 Å². The topological polar surface area (TPSA) is 117 Å². The van der Waals surface area contributed by atoms with Crippen LogP contribution in [-0.4, -0.2) is 59.1 Å². The third-order valence-electron chi connectivity index (χ3n) is 6.99. The Balaban J connectivity index is 1.85. The highest BCUT2D eigenvalue weighted by molar-refractivity contribution is 6.00. The Morgan fingerprint density at radius 1 is 1.13 bits per heavy atom. The first-order valence-corrected chi connectivity index (χ1v) is 12.9. The fraction of sp³-hybridized carbons (Fsp3) is 0.414. The minimum atomic E-state index is -0.510. The molecule has 1 aliphatic carbocycles. The molecule has 1 aliphatic rings. The van der Waals surface area contributed by atoms with Crippen LogP contribution in [0.25, 0.3) is 5.69 Å². The molecular weight excluding hydrogens is 500 g/mol. The Kier molecular flexibility index (Phi) is 7.76. The molecule has 10 heteroatoms. The van der Waals surface area contributed by atoms with Crippen LogP contribution in [0.1, 0.15) is 71.3 Å². The van der Waals surface area contributed by atoms with Crippen molar-refractivity contribution in [2.24, 2.45) is 5.41 Å². The number of carbonyl (C=O) groups is 2. The van der Waals surface area contributed by atoms with Crippen LogP contribution < -0.4 is 9.47 Å². The monoisotopic (exact) mass is 534 g/mol. The van der Waals surface area contributed by atoms with Crippen molar-refractivity contribution < 1.29 is 24.0 Å². The number of carbonyl (C=O) groups excluding carboxylic acids is 2. The van der Waals surface area contributed by atoms with Gasteiger partial charge in [0.1, 0.15) is 5.69 Å². The molecule has 1 heterocycles. The van der Waals surface area contributed by atoms with Crippen LogP contribution in [0.3, 0.4) is 0 Å². The summed E-state index contributed by atoms with van der Waals surface area (Å²) >= 11 is 0. The second kappa shape index (κ2) is 10.9. The van der Waals surface area contributed by atoms with Crippen LogP contribution >= 0.6 is 0 Å². The van der Waals surface area contributed by atoms with Crippen molar-refractivity contribution in [1.29, 1.82) is 0 Å². The number of ether oxygens (including phenoxy) is 2. The molecule has 1 aromatic heterocycles. The zero-order valence-corrected chi connectivity index (χ0v) is 23.2. The van der Waals surface area contributed by atoms with E-state index in [1.54, 1.807) is 39.5 Å². The second-order valence-electron chi connectivity index (χ2n) is 10.7. The number of aromatic nitrogens is 2. The number of hydrogen-bond acceptors (Lipinski definition) is 7.